The van der Waals surface area contributed by atoms with Gasteiger partial charge in [0, 0.05) is 0 Å². The topological polar surface area (TPSA) is 12.9 Å². The second-order valence-corrected chi connectivity index (χ2v) is 6.78. The van der Waals surface area contributed by atoms with Crippen LogP contribution in [0.2, 0.25) is 0 Å². The summed E-state index contributed by atoms with van der Waals surface area (Å²) < 4.78 is 4.97. The van der Waals surface area contributed by atoms with Crippen molar-refractivity contribution < 1.29 is 0 Å². The van der Waals surface area contributed by atoms with E-state index in [1.807, 2.05) is 0 Å². The molecule has 0 bridgehead atoms. The number of fused-ring (bicyclic) bond motifs is 3. The third kappa shape index (κ3) is 1.14. The zero-order valence-corrected chi connectivity index (χ0v) is 12.9. The van der Waals surface area contributed by atoms with Gasteiger partial charge in [0.2, 0.25) is 0 Å². The zero-order valence-electron chi connectivity index (χ0n) is 8.30. The number of thiazole rings is 1. The predicted octanol–water partition coefficient (Wildman–Crippen LogP) is 3.70. The number of nitrogens with zero attached hydrogens (tertiary/aromatic N) is 1. The zero-order chi connectivity index (χ0) is 11.3. The van der Waals surface area contributed by atoms with Crippen LogP contribution in [0.3, 0.4) is 0 Å². The van der Waals surface area contributed by atoms with Crippen LogP contribution in [-0.4, -0.2) is 4.98 Å². The van der Waals surface area contributed by atoms with Gasteiger partial charge in [0.25, 0.3) is 0 Å². The van der Waals surface area contributed by atoms with Crippen molar-refractivity contribution in [2.75, 3.05) is 0 Å². The Kier molecular flexibility index (Phi) is 1.76. The molecular formula is C12H7BrLrNS. The van der Waals surface area contributed by atoms with Gasteiger partial charge >= 0.3 is 100.0 Å². The Hall–Kier alpha value is -1.93. The minimum atomic E-state index is 1.12. The Labute approximate surface area is 99.9 Å². The molecule has 16 heavy (non-hydrogen) atoms. The van der Waals surface area contributed by atoms with Gasteiger partial charge in [-0.05, 0) is 0 Å². The van der Waals surface area contributed by atoms with Gasteiger partial charge in [-0.3, -0.25) is 0 Å². The summed E-state index contributed by atoms with van der Waals surface area (Å²) in [6.45, 7) is 2.05. The molecular weight excluding hydrogens is 532 g/mol. The maximum atomic E-state index is 4.63. The van der Waals surface area contributed by atoms with Crippen LogP contribution in [-0.2, 0) is 0 Å². The summed E-state index contributed by atoms with van der Waals surface area (Å²) in [5.74, 6) is 0. The predicted molar refractivity (Wildman–Crippen MR) is 69.2 cm³/mol. The van der Waals surface area contributed by atoms with Gasteiger partial charge in [-0.15, -0.1) is 0 Å². The summed E-state index contributed by atoms with van der Waals surface area (Å²) in [4.78, 5) is 4.63. The first-order valence-corrected chi connectivity index (χ1v) is 7.43. The van der Waals surface area contributed by atoms with Gasteiger partial charge in [0.15, 0.2) is 0 Å². The van der Waals surface area contributed by atoms with Crippen LogP contribution in [0, 0.1) is 6.92 Å². The van der Waals surface area contributed by atoms with E-state index < -0.39 is 0 Å². The normalized spacial score (nSPS) is 11.5. The van der Waals surface area contributed by atoms with E-state index in [0.29, 0.717) is 0 Å². The third-order valence-electron chi connectivity index (χ3n) is 2.48. The number of hydrogen-bond acceptors (Lipinski definition) is 2. The van der Waals surface area contributed by atoms with Gasteiger partial charge < -0.3 is 0 Å². The van der Waals surface area contributed by atoms with Crippen molar-refractivity contribution in [1.29, 1.82) is 0 Å². The number of benzene rings is 2. The van der Waals surface area contributed by atoms with E-state index >= 15 is 0 Å². The Morgan fingerprint density at radius 1 is 1.38 bits per heavy atom. The number of halogens is 1. The molecule has 3 aromatic rings. The summed E-state index contributed by atoms with van der Waals surface area (Å²) >= 11 is 5.38. The quantitative estimate of drug-likeness (QED) is 0.425. The van der Waals surface area contributed by atoms with Gasteiger partial charge in [-0.2, -0.15) is 0 Å². The van der Waals surface area contributed by atoms with Crippen LogP contribution in [0.5, 0.6) is 0 Å². The molecule has 0 aliphatic rings. The van der Waals surface area contributed by atoms with Crippen LogP contribution in [0.15, 0.2) is 28.7 Å². The van der Waals surface area contributed by atoms with Crippen LogP contribution in [0.1, 0.15) is 5.01 Å². The van der Waals surface area contributed by atoms with Crippen molar-refractivity contribution in [3.05, 3.63) is 33.7 Å². The molecule has 0 N–H and O–H groups in total. The Morgan fingerprint density at radius 3 is 3.00 bits per heavy atom. The molecule has 0 spiro atoms. The number of aromatic nitrogens is 1. The summed E-state index contributed by atoms with van der Waals surface area (Å²) in [5.41, 5.74) is 1.12. The molecule has 0 saturated heterocycles. The molecule has 88 valence electrons. The monoisotopic (exact) mass is 538 g/mol. The molecule has 2 aromatic carbocycles. The molecule has 4 heteroatoms. The molecule has 0 fully saturated rings. The molecule has 3 rings (SSSR count). The molecule has 0 amide bonds. The maximum absolute atomic E-state index is 4.63. The van der Waals surface area contributed by atoms with Crippen LogP contribution in [0.25, 0.3) is 21.0 Å². The Bertz CT molecular complexity index is 705. The number of aryl methyl sites for hydroxylation is 1. The van der Waals surface area contributed by atoms with Crippen molar-refractivity contribution in [2.24, 2.45) is 0 Å². The van der Waals surface area contributed by atoms with Crippen LogP contribution < -0.4 is 6.07 Å². The molecule has 1 nitrogen and oxygen atoms in total. The second-order valence-electron chi connectivity index (χ2n) is 3.54. The summed E-state index contributed by atoms with van der Waals surface area (Å²) in [6.07, 6.45) is 0. The van der Waals surface area contributed by atoms with E-state index in [1.165, 1.54) is 21.5 Å². The van der Waals surface area contributed by atoms with Crippen molar-refractivity contribution in [1.82, 2.24) is 4.98 Å². The molecule has 0 saturated carbocycles. The van der Waals surface area contributed by atoms with E-state index in [0.717, 1.165) is 15.0 Å². The van der Waals surface area contributed by atoms with Crippen molar-refractivity contribution in [3.63, 3.8) is 0 Å². The summed E-state index contributed by atoms with van der Waals surface area (Å²) in [6, 6.07) is 9.72. The van der Waals surface area contributed by atoms with E-state index in [4.69, 9.17) is 0 Å². The van der Waals surface area contributed by atoms with E-state index in [9.17, 15) is 0 Å². The molecule has 0 aliphatic carbocycles. The van der Waals surface area contributed by atoms with Gasteiger partial charge in [0.05, 0.1) is 0 Å². The van der Waals surface area contributed by atoms with Crippen molar-refractivity contribution in [3.8, 4) is 0 Å². The molecule has 0 atom stereocenters. The molecule has 0 aliphatic heterocycles. The second kappa shape index (κ2) is 3.03. The Morgan fingerprint density at radius 2 is 2.19 bits per heavy atom. The van der Waals surface area contributed by atoms with Gasteiger partial charge in [0.1, 0.15) is 0 Å². The first-order chi connectivity index (χ1) is 7.66. The van der Waals surface area contributed by atoms with E-state index in [2.05, 4.69) is 52.1 Å². The van der Waals surface area contributed by atoms with Crippen molar-refractivity contribution >= 4 is 54.3 Å². The summed E-state index contributed by atoms with van der Waals surface area (Å²) in [5, 5.41) is 3.60. The number of hydrogen-bond donors (Lipinski definition) is 0. The SMILES string of the molecule is Cc1nc2c(cc(Br)c3ccc[c]([Lr])c32)s1. The third-order valence-corrected chi connectivity index (χ3v) is 4.95. The average molecular weight is 539 g/mol. The van der Waals surface area contributed by atoms with Crippen LogP contribution >= 0.6 is 27.3 Å². The molecule has 0 radical (unpaired) electrons. The Balaban J connectivity index is 2.66. The molecule has 1 heterocycles. The first kappa shape index (κ1) is 9.31. The first-order valence-electron chi connectivity index (χ1n) is 4.74. The summed E-state index contributed by atoms with van der Waals surface area (Å²) in [7, 11) is 0. The molecule has 0 unspecified atom stereocenters. The van der Waals surface area contributed by atoms with Crippen LogP contribution in [0.4, 0.5) is 0 Å². The van der Waals surface area contributed by atoms with Gasteiger partial charge in [-0.25, -0.2) is 0 Å². The van der Waals surface area contributed by atoms with Crippen molar-refractivity contribution in [2.45, 2.75) is 6.92 Å². The fraction of sp³-hybridized carbons (Fsp3) is 0.0833. The van der Waals surface area contributed by atoms with Gasteiger partial charge in [-0.1, -0.05) is 0 Å². The standard InChI is InChI=1S/C12H7BrNS.Lr/c1-7-14-12-9-5-3-2-4-8(9)10(13)6-11(12)15-7;/h2-4,6H,1H3;. The molecule has 1 aromatic heterocycles. The average Bonchev–Trinajstić information content (AvgIpc) is 2.59. The fourth-order valence-electron chi connectivity index (χ4n) is 1.83. The van der Waals surface area contributed by atoms with E-state index in [-0.39, 0.29) is 0 Å². The minimum absolute atomic E-state index is 1.12. The fourth-order valence-corrected chi connectivity index (χ4v) is 4.17. The van der Waals surface area contributed by atoms with E-state index in [1.54, 1.807) is 11.3 Å². The number of rotatable bonds is 0.